The molecule has 0 radical (unpaired) electrons. The average molecular weight is 264 g/mol. The molecule has 0 saturated heterocycles. The van der Waals surface area contributed by atoms with E-state index in [0.29, 0.717) is 6.29 Å². The number of nitrogens with two attached hydrogens (primary N) is 1. The number of nitrogens with one attached hydrogen (secondary N) is 1. The van der Waals surface area contributed by atoms with Crippen molar-refractivity contribution in [1.29, 1.82) is 0 Å². The zero-order valence-corrected chi connectivity index (χ0v) is 11.2. The fourth-order valence-corrected chi connectivity index (χ4v) is 1.54. The summed E-state index contributed by atoms with van der Waals surface area (Å²) in [6.45, 7) is 3.94. The normalized spacial score (nSPS) is 13.7. The van der Waals surface area contributed by atoms with Crippen LogP contribution >= 0.6 is 0 Å². The van der Waals surface area contributed by atoms with E-state index in [1.807, 2.05) is 44.2 Å². The first kappa shape index (κ1) is 15.2. The van der Waals surface area contributed by atoms with Crippen LogP contribution in [0.1, 0.15) is 19.4 Å². The standard InChI is InChI=1S/C14H20N2O3/c1-10(2)13(15)12(8-17)16-14(18)19-9-11-6-4-3-5-7-11/h3-8,10,12-13H,9,15H2,1-2H3,(H,16,18)/t12-,13-/m1/s1. The molecule has 1 amide bonds. The summed E-state index contributed by atoms with van der Waals surface area (Å²) >= 11 is 0. The van der Waals surface area contributed by atoms with Gasteiger partial charge < -0.3 is 20.6 Å². The van der Waals surface area contributed by atoms with Gasteiger partial charge in [-0.25, -0.2) is 4.79 Å². The van der Waals surface area contributed by atoms with Crippen molar-refractivity contribution in [1.82, 2.24) is 5.32 Å². The van der Waals surface area contributed by atoms with Crippen LogP contribution in [0, 0.1) is 5.92 Å². The first-order chi connectivity index (χ1) is 9.04. The van der Waals surface area contributed by atoms with Gasteiger partial charge in [-0.2, -0.15) is 0 Å². The number of aldehydes is 1. The fourth-order valence-electron chi connectivity index (χ4n) is 1.54. The smallest absolute Gasteiger partial charge is 0.408 e. The third kappa shape index (κ3) is 5.09. The van der Waals surface area contributed by atoms with E-state index in [-0.39, 0.29) is 12.5 Å². The molecule has 0 unspecified atom stereocenters. The average Bonchev–Trinajstić information content (AvgIpc) is 2.42. The quantitative estimate of drug-likeness (QED) is 0.762. The maximum atomic E-state index is 11.6. The molecule has 0 bridgehead atoms. The summed E-state index contributed by atoms with van der Waals surface area (Å²) in [6.07, 6.45) is -0.00824. The molecule has 5 nitrogen and oxygen atoms in total. The van der Waals surface area contributed by atoms with Crippen LogP contribution in [0.25, 0.3) is 0 Å². The summed E-state index contributed by atoms with van der Waals surface area (Å²) < 4.78 is 5.03. The number of amides is 1. The number of hydrogen-bond donors (Lipinski definition) is 2. The Hall–Kier alpha value is -1.88. The highest BCUT2D eigenvalue weighted by atomic mass is 16.5. The minimum atomic E-state index is -0.733. The lowest BCUT2D eigenvalue weighted by atomic mass is 9.98. The largest absolute Gasteiger partial charge is 0.445 e. The molecule has 0 aliphatic carbocycles. The van der Waals surface area contributed by atoms with Gasteiger partial charge in [0.05, 0.1) is 0 Å². The van der Waals surface area contributed by atoms with Crippen LogP contribution in [0.3, 0.4) is 0 Å². The summed E-state index contributed by atoms with van der Waals surface area (Å²) in [5, 5.41) is 2.46. The van der Waals surface area contributed by atoms with E-state index in [0.717, 1.165) is 5.56 Å². The maximum absolute atomic E-state index is 11.6. The van der Waals surface area contributed by atoms with Gasteiger partial charge in [0.2, 0.25) is 0 Å². The molecule has 1 aromatic carbocycles. The molecule has 0 saturated carbocycles. The maximum Gasteiger partial charge on any atom is 0.408 e. The molecule has 0 aliphatic rings. The van der Waals surface area contributed by atoms with Crippen molar-refractivity contribution in [2.24, 2.45) is 11.7 Å². The minimum Gasteiger partial charge on any atom is -0.445 e. The lowest BCUT2D eigenvalue weighted by Gasteiger charge is -2.22. The van der Waals surface area contributed by atoms with E-state index in [1.54, 1.807) is 0 Å². The molecule has 1 rings (SSSR count). The molecule has 3 N–H and O–H groups in total. The van der Waals surface area contributed by atoms with Crippen molar-refractivity contribution in [3.8, 4) is 0 Å². The van der Waals surface area contributed by atoms with Gasteiger partial charge in [-0.1, -0.05) is 44.2 Å². The molecular formula is C14H20N2O3. The van der Waals surface area contributed by atoms with Gasteiger partial charge >= 0.3 is 6.09 Å². The lowest BCUT2D eigenvalue weighted by molar-refractivity contribution is -0.110. The van der Waals surface area contributed by atoms with E-state index in [9.17, 15) is 9.59 Å². The Bertz CT molecular complexity index is 406. The van der Waals surface area contributed by atoms with Crippen molar-refractivity contribution in [3.63, 3.8) is 0 Å². The fraction of sp³-hybridized carbons (Fsp3) is 0.429. The number of ether oxygens (including phenoxy) is 1. The molecule has 1 aromatic rings. The Labute approximate surface area is 113 Å². The number of rotatable bonds is 6. The molecule has 0 heterocycles. The molecule has 2 atom stereocenters. The lowest BCUT2D eigenvalue weighted by Crippen LogP contribution is -2.51. The Morgan fingerprint density at radius 1 is 1.37 bits per heavy atom. The van der Waals surface area contributed by atoms with Crippen molar-refractivity contribution in [3.05, 3.63) is 35.9 Å². The first-order valence-electron chi connectivity index (χ1n) is 6.22. The highest BCUT2D eigenvalue weighted by molar-refractivity contribution is 5.73. The van der Waals surface area contributed by atoms with E-state index in [4.69, 9.17) is 10.5 Å². The van der Waals surface area contributed by atoms with Crippen LogP contribution in [-0.4, -0.2) is 24.5 Å². The van der Waals surface area contributed by atoms with Gasteiger partial charge in [-0.3, -0.25) is 0 Å². The number of carbonyl (C=O) groups is 2. The summed E-state index contributed by atoms with van der Waals surface area (Å²) in [6, 6.07) is 8.14. The van der Waals surface area contributed by atoms with Gasteiger partial charge in [-0.15, -0.1) is 0 Å². The molecule has 0 aromatic heterocycles. The van der Waals surface area contributed by atoms with E-state index in [2.05, 4.69) is 5.32 Å². The zero-order chi connectivity index (χ0) is 14.3. The van der Waals surface area contributed by atoms with Gasteiger partial charge in [0.15, 0.2) is 0 Å². The van der Waals surface area contributed by atoms with Crippen LogP contribution in [0.4, 0.5) is 4.79 Å². The molecule has 0 fully saturated rings. The minimum absolute atomic E-state index is 0.0876. The van der Waals surface area contributed by atoms with Crippen LogP contribution in [-0.2, 0) is 16.1 Å². The van der Waals surface area contributed by atoms with Crippen LogP contribution in [0.5, 0.6) is 0 Å². The predicted molar refractivity (Wildman–Crippen MR) is 72.4 cm³/mol. The summed E-state index contributed by atoms with van der Waals surface area (Å²) in [5.41, 5.74) is 6.71. The second-order valence-corrected chi connectivity index (χ2v) is 4.69. The number of hydrogen-bond acceptors (Lipinski definition) is 4. The van der Waals surface area contributed by atoms with Gasteiger partial charge in [0.1, 0.15) is 18.9 Å². The topological polar surface area (TPSA) is 81.4 Å². The second-order valence-electron chi connectivity index (χ2n) is 4.69. The Kier molecular flexibility index (Phi) is 6.02. The molecule has 19 heavy (non-hydrogen) atoms. The predicted octanol–water partition coefficient (Wildman–Crippen LogP) is 1.46. The molecule has 0 spiro atoms. The number of benzene rings is 1. The van der Waals surface area contributed by atoms with Crippen LogP contribution in [0.15, 0.2) is 30.3 Å². The number of carbonyl (C=O) groups excluding carboxylic acids is 2. The monoisotopic (exact) mass is 264 g/mol. The van der Waals surface area contributed by atoms with Crippen LogP contribution in [0.2, 0.25) is 0 Å². The third-order valence-corrected chi connectivity index (χ3v) is 2.83. The SMILES string of the molecule is CC(C)[C@@H](N)[C@@H](C=O)NC(=O)OCc1ccccc1. The summed E-state index contributed by atoms with van der Waals surface area (Å²) in [4.78, 5) is 22.5. The second kappa shape index (κ2) is 7.53. The van der Waals surface area contributed by atoms with Gasteiger partial charge in [-0.05, 0) is 11.5 Å². The Morgan fingerprint density at radius 3 is 2.53 bits per heavy atom. The van der Waals surface area contributed by atoms with E-state index in [1.165, 1.54) is 0 Å². The summed E-state index contributed by atoms with van der Waals surface area (Å²) in [7, 11) is 0. The van der Waals surface area contributed by atoms with E-state index >= 15 is 0 Å². The molecule has 0 aliphatic heterocycles. The van der Waals surface area contributed by atoms with Crippen molar-refractivity contribution in [2.75, 3.05) is 0 Å². The van der Waals surface area contributed by atoms with Gasteiger partial charge in [0.25, 0.3) is 0 Å². The van der Waals surface area contributed by atoms with Crippen molar-refractivity contribution >= 4 is 12.4 Å². The third-order valence-electron chi connectivity index (χ3n) is 2.83. The molecule has 104 valence electrons. The van der Waals surface area contributed by atoms with Crippen molar-refractivity contribution < 1.29 is 14.3 Å². The molecular weight excluding hydrogens is 244 g/mol. The Balaban J connectivity index is 2.43. The highest BCUT2D eigenvalue weighted by Gasteiger charge is 2.22. The number of alkyl carbamates (subject to hydrolysis) is 1. The molecule has 5 heteroatoms. The zero-order valence-electron chi connectivity index (χ0n) is 11.2. The Morgan fingerprint density at radius 2 is 2.00 bits per heavy atom. The highest BCUT2D eigenvalue weighted by Crippen LogP contribution is 2.04. The first-order valence-corrected chi connectivity index (χ1v) is 6.22. The van der Waals surface area contributed by atoms with E-state index < -0.39 is 18.2 Å². The van der Waals surface area contributed by atoms with Crippen LogP contribution < -0.4 is 11.1 Å². The van der Waals surface area contributed by atoms with Gasteiger partial charge in [0, 0.05) is 6.04 Å². The van der Waals surface area contributed by atoms with Crippen molar-refractivity contribution in [2.45, 2.75) is 32.5 Å². The summed E-state index contributed by atoms with van der Waals surface area (Å²) in [5.74, 6) is 0.0876.